The highest BCUT2D eigenvalue weighted by Crippen LogP contribution is 2.26. The van der Waals surface area contributed by atoms with Gasteiger partial charge < -0.3 is 10.1 Å². The van der Waals surface area contributed by atoms with Crippen LogP contribution < -0.4 is 10.6 Å². The second-order valence-electron chi connectivity index (χ2n) is 7.12. The second-order valence-corrected chi connectivity index (χ2v) is 9.06. The van der Waals surface area contributed by atoms with Gasteiger partial charge in [0.25, 0.3) is 0 Å². The monoisotopic (exact) mass is 431 g/mol. The van der Waals surface area contributed by atoms with Crippen LogP contribution in [0, 0.1) is 12.8 Å². The second kappa shape index (κ2) is 9.27. The Labute approximate surface area is 176 Å². The molecule has 2 aromatic carbocycles. The van der Waals surface area contributed by atoms with Gasteiger partial charge in [0.1, 0.15) is 0 Å². The quantitative estimate of drug-likeness (QED) is 0.756. The molecule has 3 rings (SSSR count). The van der Waals surface area contributed by atoms with Crippen LogP contribution in [-0.4, -0.2) is 44.9 Å². The Kier molecular flexibility index (Phi) is 6.73. The third kappa shape index (κ3) is 4.98. The molecule has 0 radical (unpaired) electrons. The number of piperidine rings is 1. The van der Waals surface area contributed by atoms with Crippen molar-refractivity contribution < 1.29 is 22.7 Å². The fraction of sp³-hybridized carbons (Fsp3) is 0.333. The van der Waals surface area contributed by atoms with Crippen LogP contribution in [0.2, 0.25) is 0 Å². The maximum atomic E-state index is 12.9. The summed E-state index contributed by atoms with van der Waals surface area (Å²) in [5, 5.41) is 5.42. The number of anilines is 2. The number of methoxy groups -OCH3 is 1. The summed E-state index contributed by atoms with van der Waals surface area (Å²) < 4.78 is 31.7. The number of aryl methyl sites for hydroxylation is 1. The lowest BCUT2D eigenvalue weighted by atomic mass is 9.97. The molecule has 1 fully saturated rings. The Hall–Kier alpha value is -2.91. The highest BCUT2D eigenvalue weighted by atomic mass is 32.2. The Morgan fingerprint density at radius 1 is 1.00 bits per heavy atom. The number of benzene rings is 2. The van der Waals surface area contributed by atoms with Gasteiger partial charge in [-0.3, -0.25) is 10.1 Å². The summed E-state index contributed by atoms with van der Waals surface area (Å²) in [4.78, 5) is 23.9. The number of carbonyl (C=O) groups is 2. The molecule has 0 aromatic heterocycles. The lowest BCUT2D eigenvalue weighted by molar-refractivity contribution is -0.120. The standard InChI is InChI=1S/C21H25N3O5S/c1-15-5-3-4-6-19(15)23-20(25)16-11-13-24(14-12-16)30(27,28)18-9-7-17(8-10-18)22-21(26)29-2/h3-10,16H,11-14H2,1-2H3,(H,22,26)(H,23,25). The molecule has 0 unspecified atom stereocenters. The fourth-order valence-corrected chi connectivity index (χ4v) is 4.80. The molecule has 30 heavy (non-hydrogen) atoms. The number of carbonyl (C=O) groups excluding carboxylic acids is 2. The minimum atomic E-state index is -3.67. The zero-order valence-corrected chi connectivity index (χ0v) is 17.7. The van der Waals surface area contributed by atoms with Crippen LogP contribution in [0.25, 0.3) is 0 Å². The molecule has 160 valence electrons. The molecule has 1 heterocycles. The average molecular weight is 432 g/mol. The average Bonchev–Trinajstić information content (AvgIpc) is 2.75. The molecule has 8 nitrogen and oxygen atoms in total. The van der Waals surface area contributed by atoms with Gasteiger partial charge in [0.2, 0.25) is 15.9 Å². The maximum absolute atomic E-state index is 12.9. The molecule has 0 aliphatic carbocycles. The summed E-state index contributed by atoms with van der Waals surface area (Å²) in [6.07, 6.45) is 0.286. The van der Waals surface area contributed by atoms with Crippen molar-refractivity contribution in [3.63, 3.8) is 0 Å². The predicted molar refractivity (Wildman–Crippen MR) is 114 cm³/mol. The number of nitrogens with zero attached hydrogens (tertiary/aromatic N) is 1. The van der Waals surface area contributed by atoms with E-state index in [2.05, 4.69) is 15.4 Å². The van der Waals surface area contributed by atoms with E-state index in [-0.39, 0.29) is 29.8 Å². The normalized spacial score (nSPS) is 15.4. The van der Waals surface area contributed by atoms with Gasteiger partial charge in [0, 0.05) is 30.4 Å². The van der Waals surface area contributed by atoms with Gasteiger partial charge in [-0.2, -0.15) is 4.31 Å². The Morgan fingerprint density at radius 2 is 1.63 bits per heavy atom. The third-order valence-corrected chi connectivity index (χ3v) is 7.06. The van der Waals surface area contributed by atoms with Crippen molar-refractivity contribution in [1.29, 1.82) is 0 Å². The van der Waals surface area contributed by atoms with Gasteiger partial charge >= 0.3 is 6.09 Å². The van der Waals surface area contributed by atoms with E-state index in [1.54, 1.807) is 0 Å². The molecule has 2 aromatic rings. The number of amides is 2. The summed E-state index contributed by atoms with van der Waals surface area (Å²) in [6.45, 7) is 2.48. The Bertz CT molecular complexity index is 1010. The minimum Gasteiger partial charge on any atom is -0.453 e. The number of hydrogen-bond acceptors (Lipinski definition) is 5. The van der Waals surface area contributed by atoms with Crippen molar-refractivity contribution in [2.24, 2.45) is 5.92 Å². The zero-order chi connectivity index (χ0) is 21.7. The lowest BCUT2D eigenvalue weighted by Gasteiger charge is -2.30. The first-order valence-electron chi connectivity index (χ1n) is 9.63. The third-order valence-electron chi connectivity index (χ3n) is 5.15. The van der Waals surface area contributed by atoms with E-state index >= 15 is 0 Å². The molecule has 0 bridgehead atoms. The summed E-state index contributed by atoms with van der Waals surface area (Å²) in [7, 11) is -2.42. The van der Waals surface area contributed by atoms with Crippen molar-refractivity contribution in [2.45, 2.75) is 24.7 Å². The number of rotatable bonds is 5. The van der Waals surface area contributed by atoms with E-state index in [1.165, 1.54) is 35.7 Å². The van der Waals surface area contributed by atoms with Gasteiger partial charge in [-0.1, -0.05) is 18.2 Å². The zero-order valence-electron chi connectivity index (χ0n) is 16.9. The first-order valence-corrected chi connectivity index (χ1v) is 11.1. The van der Waals surface area contributed by atoms with Crippen LogP contribution in [0.15, 0.2) is 53.4 Å². The number of para-hydroxylation sites is 1. The van der Waals surface area contributed by atoms with Crippen molar-refractivity contribution in [2.75, 3.05) is 30.8 Å². The van der Waals surface area contributed by atoms with E-state index < -0.39 is 16.1 Å². The van der Waals surface area contributed by atoms with Crippen LogP contribution in [0.5, 0.6) is 0 Å². The molecule has 0 saturated carbocycles. The molecular formula is C21H25N3O5S. The van der Waals surface area contributed by atoms with Crippen molar-refractivity contribution in [1.82, 2.24) is 4.31 Å². The van der Waals surface area contributed by atoms with Crippen LogP contribution in [0.4, 0.5) is 16.2 Å². The molecule has 2 amide bonds. The van der Waals surface area contributed by atoms with Gasteiger partial charge in [-0.05, 0) is 55.7 Å². The molecule has 1 aliphatic heterocycles. The molecule has 2 N–H and O–H groups in total. The van der Waals surface area contributed by atoms with E-state index in [0.29, 0.717) is 18.5 Å². The first kappa shape index (κ1) is 21.8. The molecule has 0 spiro atoms. The van der Waals surface area contributed by atoms with Crippen LogP contribution in [0.3, 0.4) is 0 Å². The Balaban J connectivity index is 1.60. The van der Waals surface area contributed by atoms with Gasteiger partial charge in [-0.15, -0.1) is 0 Å². The number of nitrogens with one attached hydrogen (secondary N) is 2. The van der Waals surface area contributed by atoms with Gasteiger partial charge in [0.05, 0.1) is 12.0 Å². The SMILES string of the molecule is COC(=O)Nc1ccc(S(=O)(=O)N2CCC(C(=O)Nc3ccccc3C)CC2)cc1. The van der Waals surface area contributed by atoms with E-state index in [9.17, 15) is 18.0 Å². The van der Waals surface area contributed by atoms with Gasteiger partial charge in [-0.25, -0.2) is 13.2 Å². The maximum Gasteiger partial charge on any atom is 0.411 e. The van der Waals surface area contributed by atoms with E-state index in [4.69, 9.17) is 0 Å². The largest absolute Gasteiger partial charge is 0.453 e. The topological polar surface area (TPSA) is 105 Å². The van der Waals surface area contributed by atoms with Crippen molar-refractivity contribution >= 4 is 33.4 Å². The summed E-state index contributed by atoms with van der Waals surface area (Å²) in [5.41, 5.74) is 2.20. The molecule has 1 saturated heterocycles. The van der Waals surface area contributed by atoms with E-state index in [0.717, 1.165) is 11.3 Å². The molecule has 0 atom stereocenters. The molecule has 9 heteroatoms. The highest BCUT2D eigenvalue weighted by Gasteiger charge is 2.32. The van der Waals surface area contributed by atoms with Crippen LogP contribution in [-0.2, 0) is 19.6 Å². The number of ether oxygens (including phenoxy) is 1. The van der Waals surface area contributed by atoms with Gasteiger partial charge in [0.15, 0.2) is 0 Å². The number of sulfonamides is 1. The molecule has 1 aliphatic rings. The fourth-order valence-electron chi connectivity index (χ4n) is 3.33. The van der Waals surface area contributed by atoms with Crippen molar-refractivity contribution in [3.8, 4) is 0 Å². The predicted octanol–water partition coefficient (Wildman–Crippen LogP) is 3.21. The lowest BCUT2D eigenvalue weighted by Crippen LogP contribution is -2.41. The summed E-state index contributed by atoms with van der Waals surface area (Å²) in [5.74, 6) is -0.317. The number of hydrogen-bond donors (Lipinski definition) is 2. The van der Waals surface area contributed by atoms with E-state index in [1.807, 2.05) is 31.2 Å². The smallest absolute Gasteiger partial charge is 0.411 e. The minimum absolute atomic E-state index is 0.0837. The summed E-state index contributed by atoms with van der Waals surface area (Å²) >= 11 is 0. The highest BCUT2D eigenvalue weighted by molar-refractivity contribution is 7.89. The van der Waals surface area contributed by atoms with Crippen LogP contribution in [0.1, 0.15) is 18.4 Å². The van der Waals surface area contributed by atoms with Crippen molar-refractivity contribution in [3.05, 3.63) is 54.1 Å². The van der Waals surface area contributed by atoms with Crippen LogP contribution >= 0.6 is 0 Å². The first-order chi connectivity index (χ1) is 14.3. The Morgan fingerprint density at radius 3 is 2.23 bits per heavy atom. The summed E-state index contributed by atoms with van der Waals surface area (Å²) in [6, 6.07) is 13.5. The molecular weight excluding hydrogens is 406 g/mol.